The predicted molar refractivity (Wildman–Crippen MR) is 83.5 cm³/mol. The van der Waals surface area contributed by atoms with Crippen LogP contribution >= 0.6 is 11.3 Å². The molecule has 0 aliphatic rings. The maximum Gasteiger partial charge on any atom is 0.272 e. The molecule has 0 aliphatic carbocycles. The lowest BCUT2D eigenvalue weighted by molar-refractivity contribution is 0.0934. The minimum absolute atomic E-state index is 0.0148. The fourth-order valence-corrected chi connectivity index (χ4v) is 2.73. The van der Waals surface area contributed by atoms with Crippen molar-refractivity contribution in [1.29, 1.82) is 0 Å². The fraction of sp³-hybridized carbons (Fsp3) is 0.467. The van der Waals surface area contributed by atoms with Crippen LogP contribution in [0.25, 0.3) is 0 Å². The van der Waals surface area contributed by atoms with Gasteiger partial charge in [-0.3, -0.25) is 9.78 Å². The maximum absolute atomic E-state index is 12.1. The van der Waals surface area contributed by atoms with Gasteiger partial charge >= 0.3 is 0 Å². The van der Waals surface area contributed by atoms with Crippen LogP contribution in [-0.2, 0) is 5.41 Å². The Kier molecular flexibility index (Phi) is 4.37. The molecule has 0 aromatic carbocycles. The highest BCUT2D eigenvalue weighted by molar-refractivity contribution is 7.09. The van der Waals surface area contributed by atoms with E-state index in [0.29, 0.717) is 5.69 Å². The Labute approximate surface area is 128 Å². The number of hydrogen-bond acceptors (Lipinski definition) is 5. The molecular formula is C15H20N4OS. The van der Waals surface area contributed by atoms with Crippen molar-refractivity contribution in [2.24, 2.45) is 0 Å². The number of hydrogen-bond donors (Lipinski definition) is 1. The van der Waals surface area contributed by atoms with Crippen molar-refractivity contribution in [2.45, 2.75) is 46.1 Å². The second-order valence-corrected chi connectivity index (χ2v) is 6.95. The fourth-order valence-electron chi connectivity index (χ4n) is 1.67. The molecule has 5 nitrogen and oxygen atoms in total. The molecule has 0 aliphatic heterocycles. The summed E-state index contributed by atoms with van der Waals surface area (Å²) in [7, 11) is 0. The van der Waals surface area contributed by atoms with E-state index in [0.717, 1.165) is 16.4 Å². The van der Waals surface area contributed by atoms with Gasteiger partial charge in [-0.1, -0.05) is 20.8 Å². The van der Waals surface area contributed by atoms with E-state index >= 15 is 0 Å². The van der Waals surface area contributed by atoms with Gasteiger partial charge < -0.3 is 5.32 Å². The van der Waals surface area contributed by atoms with Gasteiger partial charge in [0.25, 0.3) is 5.91 Å². The van der Waals surface area contributed by atoms with Crippen molar-refractivity contribution in [3.8, 4) is 0 Å². The van der Waals surface area contributed by atoms with Gasteiger partial charge in [0.1, 0.15) is 10.7 Å². The summed E-state index contributed by atoms with van der Waals surface area (Å²) in [5.74, 6) is -0.234. The standard InChI is InChI=1S/C15H20N4OS/c1-9-6-17-11(7-16-9)13(20)18-10(2)14-19-12(8-21-14)15(3,4)5/h6-8,10H,1-5H3,(H,18,20)/t10-/m1/s1. The molecule has 0 unspecified atom stereocenters. The molecule has 2 aromatic heterocycles. The summed E-state index contributed by atoms with van der Waals surface area (Å²) < 4.78 is 0. The number of aromatic nitrogens is 3. The van der Waals surface area contributed by atoms with Crippen LogP contribution in [0.3, 0.4) is 0 Å². The molecule has 0 saturated heterocycles. The molecule has 0 radical (unpaired) electrons. The van der Waals surface area contributed by atoms with Crippen LogP contribution in [-0.4, -0.2) is 20.9 Å². The highest BCUT2D eigenvalue weighted by Crippen LogP contribution is 2.26. The van der Waals surface area contributed by atoms with Crippen molar-refractivity contribution in [3.05, 3.63) is 39.9 Å². The Morgan fingerprint density at radius 1 is 1.29 bits per heavy atom. The van der Waals surface area contributed by atoms with E-state index in [2.05, 4.69) is 41.0 Å². The summed E-state index contributed by atoms with van der Waals surface area (Å²) in [6, 6.07) is -0.151. The monoisotopic (exact) mass is 304 g/mol. The normalized spacial score (nSPS) is 13.0. The number of nitrogens with one attached hydrogen (secondary N) is 1. The van der Waals surface area contributed by atoms with Crippen LogP contribution in [0.1, 0.15) is 60.6 Å². The van der Waals surface area contributed by atoms with E-state index < -0.39 is 0 Å². The maximum atomic E-state index is 12.1. The lowest BCUT2D eigenvalue weighted by Gasteiger charge is -2.15. The zero-order valence-corrected chi connectivity index (χ0v) is 13.8. The van der Waals surface area contributed by atoms with E-state index in [-0.39, 0.29) is 17.4 Å². The summed E-state index contributed by atoms with van der Waals surface area (Å²) in [6.45, 7) is 10.1. The number of rotatable bonds is 3. The van der Waals surface area contributed by atoms with E-state index in [1.54, 1.807) is 17.5 Å². The number of carbonyl (C=O) groups excluding carboxylic acids is 1. The highest BCUT2D eigenvalue weighted by Gasteiger charge is 2.20. The molecule has 0 spiro atoms. The Hall–Kier alpha value is -1.82. The summed E-state index contributed by atoms with van der Waals surface area (Å²) >= 11 is 1.56. The van der Waals surface area contributed by atoms with Gasteiger partial charge in [0.05, 0.1) is 23.6 Å². The number of amides is 1. The Balaban J connectivity index is 2.07. The van der Waals surface area contributed by atoms with Crippen LogP contribution in [0.5, 0.6) is 0 Å². The molecule has 112 valence electrons. The molecule has 1 atom stereocenters. The summed E-state index contributed by atoms with van der Waals surface area (Å²) in [5.41, 5.74) is 2.16. The predicted octanol–water partition coefficient (Wildman–Crippen LogP) is 3.03. The third kappa shape index (κ3) is 3.85. The topological polar surface area (TPSA) is 67.8 Å². The van der Waals surface area contributed by atoms with Crippen LogP contribution in [0.2, 0.25) is 0 Å². The molecule has 1 amide bonds. The van der Waals surface area contributed by atoms with E-state index in [1.165, 1.54) is 6.20 Å². The van der Waals surface area contributed by atoms with E-state index in [9.17, 15) is 4.79 Å². The highest BCUT2D eigenvalue weighted by atomic mass is 32.1. The van der Waals surface area contributed by atoms with Gasteiger partial charge in [0.2, 0.25) is 0 Å². The molecule has 1 N–H and O–H groups in total. The molecule has 2 rings (SSSR count). The molecule has 0 fully saturated rings. The van der Waals surface area contributed by atoms with Crippen LogP contribution in [0, 0.1) is 6.92 Å². The second kappa shape index (κ2) is 5.89. The first-order valence-electron chi connectivity index (χ1n) is 6.83. The van der Waals surface area contributed by atoms with Crippen molar-refractivity contribution in [3.63, 3.8) is 0 Å². The van der Waals surface area contributed by atoms with Crippen LogP contribution in [0.4, 0.5) is 0 Å². The first kappa shape index (κ1) is 15.6. The third-order valence-corrected chi connectivity index (χ3v) is 4.05. The number of carbonyl (C=O) groups is 1. The quantitative estimate of drug-likeness (QED) is 0.946. The van der Waals surface area contributed by atoms with E-state index in [4.69, 9.17) is 0 Å². The molecule has 2 aromatic rings. The van der Waals surface area contributed by atoms with Gasteiger partial charge in [0, 0.05) is 17.0 Å². The van der Waals surface area contributed by atoms with Crippen molar-refractivity contribution in [2.75, 3.05) is 0 Å². The molecule has 0 saturated carbocycles. The zero-order valence-electron chi connectivity index (χ0n) is 13.0. The largest absolute Gasteiger partial charge is 0.342 e. The minimum Gasteiger partial charge on any atom is -0.342 e. The Morgan fingerprint density at radius 3 is 2.52 bits per heavy atom. The average Bonchev–Trinajstić information content (AvgIpc) is 2.88. The zero-order chi connectivity index (χ0) is 15.6. The van der Waals surface area contributed by atoms with Gasteiger partial charge in [-0.25, -0.2) is 9.97 Å². The molecule has 21 heavy (non-hydrogen) atoms. The van der Waals surface area contributed by atoms with Gasteiger partial charge in [-0.05, 0) is 13.8 Å². The summed E-state index contributed by atoms with van der Waals surface area (Å²) in [6.07, 6.45) is 3.07. The van der Waals surface area contributed by atoms with Gasteiger partial charge in [0.15, 0.2) is 0 Å². The molecule has 2 heterocycles. The van der Waals surface area contributed by atoms with Gasteiger partial charge in [-0.2, -0.15) is 0 Å². The lowest BCUT2D eigenvalue weighted by atomic mass is 9.93. The average molecular weight is 304 g/mol. The van der Waals surface area contributed by atoms with Crippen LogP contribution in [0.15, 0.2) is 17.8 Å². The summed E-state index contributed by atoms with van der Waals surface area (Å²) in [4.78, 5) is 24.9. The van der Waals surface area contributed by atoms with E-state index in [1.807, 2.05) is 19.2 Å². The third-order valence-electron chi connectivity index (χ3n) is 3.02. The van der Waals surface area contributed by atoms with Crippen molar-refractivity contribution < 1.29 is 4.79 Å². The SMILES string of the molecule is Cc1cnc(C(=O)N[C@H](C)c2nc(C(C)(C)C)cs2)cn1. The minimum atomic E-state index is -0.234. The Morgan fingerprint density at radius 2 is 2.00 bits per heavy atom. The summed E-state index contributed by atoms with van der Waals surface area (Å²) in [5, 5.41) is 5.85. The second-order valence-electron chi connectivity index (χ2n) is 6.06. The number of aryl methyl sites for hydroxylation is 1. The van der Waals surface area contributed by atoms with Crippen molar-refractivity contribution in [1.82, 2.24) is 20.3 Å². The van der Waals surface area contributed by atoms with Crippen molar-refractivity contribution >= 4 is 17.2 Å². The Bertz CT molecular complexity index is 628. The molecule has 0 bridgehead atoms. The molecular weight excluding hydrogens is 284 g/mol. The first-order chi connectivity index (χ1) is 9.77. The van der Waals surface area contributed by atoms with Gasteiger partial charge in [-0.15, -0.1) is 11.3 Å². The van der Waals surface area contributed by atoms with Crippen LogP contribution < -0.4 is 5.32 Å². The number of nitrogens with zero attached hydrogens (tertiary/aromatic N) is 3. The lowest BCUT2D eigenvalue weighted by Crippen LogP contribution is -2.27. The molecule has 6 heteroatoms. The smallest absolute Gasteiger partial charge is 0.272 e. The first-order valence-corrected chi connectivity index (χ1v) is 7.71. The number of thiazole rings is 1.